The van der Waals surface area contributed by atoms with Gasteiger partial charge in [-0.3, -0.25) is 0 Å². The standard InChI is InChI=1S/C20H23BN3O/c1-12-9-17(23(5)10-13(12)2)21-19-18(14(3)11-24(21)6)16-8-7-15(4)22-20(16)25-19/h7-11H,1-6H3/q+1. The summed E-state index contributed by atoms with van der Waals surface area (Å²) in [4.78, 5) is 6.84. The van der Waals surface area contributed by atoms with Gasteiger partial charge in [-0.2, -0.15) is 0 Å². The molecule has 0 amide bonds. The number of rotatable bonds is 1. The molecule has 0 saturated heterocycles. The van der Waals surface area contributed by atoms with Crippen LogP contribution in [0.4, 0.5) is 0 Å². The van der Waals surface area contributed by atoms with Crippen LogP contribution in [-0.2, 0) is 7.05 Å². The van der Waals surface area contributed by atoms with Crippen molar-refractivity contribution in [1.82, 2.24) is 9.79 Å². The first kappa shape index (κ1) is 15.9. The average molecular weight is 332 g/mol. The van der Waals surface area contributed by atoms with Crippen LogP contribution in [0.3, 0.4) is 0 Å². The summed E-state index contributed by atoms with van der Waals surface area (Å²) in [6.45, 7) is 8.48. The van der Waals surface area contributed by atoms with E-state index >= 15 is 0 Å². The number of furan rings is 1. The van der Waals surface area contributed by atoms with E-state index in [0.717, 1.165) is 22.5 Å². The molecule has 5 heteroatoms. The Hall–Kier alpha value is -2.56. The zero-order chi connectivity index (χ0) is 17.9. The van der Waals surface area contributed by atoms with E-state index in [1.165, 1.54) is 27.9 Å². The Labute approximate surface area is 148 Å². The third-order valence-electron chi connectivity index (χ3n) is 5.23. The minimum absolute atomic E-state index is 0.0394. The van der Waals surface area contributed by atoms with Crippen molar-refractivity contribution in [2.24, 2.45) is 7.05 Å². The number of aromatic nitrogens is 2. The van der Waals surface area contributed by atoms with Gasteiger partial charge in [0.2, 0.25) is 5.71 Å². The molecule has 25 heavy (non-hydrogen) atoms. The molecule has 0 fully saturated rings. The smallest absolute Gasteiger partial charge is 0.443 e. The van der Waals surface area contributed by atoms with E-state index in [4.69, 9.17) is 4.42 Å². The lowest BCUT2D eigenvalue weighted by Gasteiger charge is -2.26. The molecule has 3 aromatic rings. The number of hydrogen-bond donors (Lipinski definition) is 0. The molecular weight excluding hydrogens is 309 g/mol. The van der Waals surface area contributed by atoms with Gasteiger partial charge < -0.3 is 9.23 Å². The van der Waals surface area contributed by atoms with Crippen molar-refractivity contribution in [3.63, 3.8) is 0 Å². The molecule has 0 spiro atoms. The summed E-state index contributed by atoms with van der Waals surface area (Å²) in [5.41, 5.74) is 8.87. The average Bonchev–Trinajstić information content (AvgIpc) is 2.90. The Balaban J connectivity index is 2.00. The second-order valence-electron chi connectivity index (χ2n) is 7.20. The normalized spacial score (nSPS) is 14.1. The predicted molar refractivity (Wildman–Crippen MR) is 102 cm³/mol. The molecule has 1 aliphatic heterocycles. The number of pyridine rings is 2. The first-order valence-corrected chi connectivity index (χ1v) is 8.64. The highest BCUT2D eigenvalue weighted by molar-refractivity contribution is 6.82. The maximum atomic E-state index is 6.30. The molecule has 4 nitrogen and oxygen atoms in total. The summed E-state index contributed by atoms with van der Waals surface area (Å²) >= 11 is 0. The first-order chi connectivity index (χ1) is 11.9. The van der Waals surface area contributed by atoms with E-state index < -0.39 is 0 Å². The molecule has 0 saturated carbocycles. The Bertz CT molecular complexity index is 1040. The van der Waals surface area contributed by atoms with Gasteiger partial charge in [-0.05, 0) is 64.2 Å². The van der Waals surface area contributed by atoms with Crippen molar-refractivity contribution < 1.29 is 8.98 Å². The Morgan fingerprint density at radius 2 is 1.88 bits per heavy atom. The number of nitrogens with zero attached hydrogens (tertiary/aromatic N) is 3. The molecule has 0 unspecified atom stereocenters. The topological polar surface area (TPSA) is 33.2 Å². The van der Waals surface area contributed by atoms with Gasteiger partial charge in [-0.1, -0.05) is 0 Å². The van der Waals surface area contributed by atoms with Crippen molar-refractivity contribution in [3.8, 4) is 0 Å². The highest BCUT2D eigenvalue weighted by Crippen LogP contribution is 2.28. The zero-order valence-electron chi connectivity index (χ0n) is 15.7. The van der Waals surface area contributed by atoms with Crippen LogP contribution in [0.25, 0.3) is 16.7 Å². The monoisotopic (exact) mass is 332 g/mol. The molecule has 0 aromatic carbocycles. The Morgan fingerprint density at radius 1 is 1.12 bits per heavy atom. The zero-order valence-corrected chi connectivity index (χ0v) is 15.7. The second-order valence-corrected chi connectivity index (χ2v) is 7.20. The molecule has 0 N–H and O–H groups in total. The molecule has 0 radical (unpaired) electrons. The second kappa shape index (κ2) is 5.48. The van der Waals surface area contributed by atoms with Gasteiger partial charge in [0.1, 0.15) is 12.7 Å². The molecule has 1 aliphatic rings. The summed E-state index contributed by atoms with van der Waals surface area (Å²) in [6, 6.07) is 6.44. The maximum Gasteiger partial charge on any atom is 0.443 e. The van der Waals surface area contributed by atoms with Gasteiger partial charge in [0, 0.05) is 28.3 Å². The lowest BCUT2D eigenvalue weighted by atomic mass is 9.51. The molecule has 126 valence electrons. The summed E-state index contributed by atoms with van der Waals surface area (Å²) in [7, 11) is 4.21. The van der Waals surface area contributed by atoms with Crippen molar-refractivity contribution in [1.29, 1.82) is 0 Å². The molecule has 4 rings (SSSR count). The lowest BCUT2D eigenvalue weighted by molar-refractivity contribution is -0.654. The molecule has 4 heterocycles. The van der Waals surface area contributed by atoms with Crippen LogP contribution in [0.1, 0.15) is 29.3 Å². The fourth-order valence-corrected chi connectivity index (χ4v) is 3.84. The van der Waals surface area contributed by atoms with Crippen LogP contribution >= 0.6 is 0 Å². The van der Waals surface area contributed by atoms with Crippen LogP contribution in [0.2, 0.25) is 0 Å². The quantitative estimate of drug-likeness (QED) is 0.505. The van der Waals surface area contributed by atoms with Crippen molar-refractivity contribution >= 4 is 34.8 Å². The van der Waals surface area contributed by atoms with E-state index in [-0.39, 0.29) is 6.85 Å². The first-order valence-electron chi connectivity index (χ1n) is 8.64. The van der Waals surface area contributed by atoms with Gasteiger partial charge in [-0.25, -0.2) is 9.55 Å². The van der Waals surface area contributed by atoms with Gasteiger partial charge >= 0.3 is 6.85 Å². The number of allylic oxidation sites excluding steroid dienone is 1. The van der Waals surface area contributed by atoms with E-state index in [0.29, 0.717) is 0 Å². The summed E-state index contributed by atoms with van der Waals surface area (Å²) < 4.78 is 8.50. The summed E-state index contributed by atoms with van der Waals surface area (Å²) in [6.07, 6.45) is 4.39. The minimum atomic E-state index is 0.0394. The lowest BCUT2D eigenvalue weighted by Crippen LogP contribution is -2.65. The predicted octanol–water partition coefficient (Wildman–Crippen LogP) is 1.99. The molecular formula is C20H23BN3O+. The largest absolute Gasteiger partial charge is 0.449 e. The van der Waals surface area contributed by atoms with Crippen LogP contribution < -0.4 is 15.8 Å². The van der Waals surface area contributed by atoms with Crippen molar-refractivity contribution in [2.75, 3.05) is 7.05 Å². The van der Waals surface area contributed by atoms with Crippen LogP contribution in [0.5, 0.6) is 0 Å². The molecule has 0 aliphatic carbocycles. The molecule has 0 atom stereocenters. The number of fused-ring (bicyclic) bond motifs is 3. The number of aryl methyl sites for hydroxylation is 4. The fraction of sp³-hybridized carbons (Fsp3) is 0.300. The van der Waals surface area contributed by atoms with Crippen LogP contribution in [0.15, 0.2) is 35.0 Å². The highest BCUT2D eigenvalue weighted by Gasteiger charge is 2.41. The van der Waals surface area contributed by atoms with Gasteiger partial charge in [0.05, 0.1) is 0 Å². The van der Waals surface area contributed by atoms with Gasteiger partial charge in [0.25, 0.3) is 0 Å². The van der Waals surface area contributed by atoms with Crippen LogP contribution in [-0.4, -0.2) is 23.7 Å². The third kappa shape index (κ3) is 2.37. The van der Waals surface area contributed by atoms with Crippen molar-refractivity contribution in [3.05, 3.63) is 53.0 Å². The third-order valence-corrected chi connectivity index (χ3v) is 5.23. The molecule has 3 aromatic heterocycles. The van der Waals surface area contributed by atoms with E-state index in [1.807, 2.05) is 6.92 Å². The van der Waals surface area contributed by atoms with E-state index in [9.17, 15) is 0 Å². The Kier molecular flexibility index (Phi) is 3.49. The minimum Gasteiger partial charge on any atom is -0.449 e. The SMILES string of the molecule is CC1=CN(C)B(c2cc(C)c(C)c[n+]2C)c2oc3nc(C)ccc3c21. The fourth-order valence-electron chi connectivity index (χ4n) is 3.84. The van der Waals surface area contributed by atoms with Crippen LogP contribution in [0, 0.1) is 20.8 Å². The van der Waals surface area contributed by atoms with E-state index in [1.54, 1.807) is 0 Å². The Morgan fingerprint density at radius 3 is 2.64 bits per heavy atom. The maximum absolute atomic E-state index is 6.30. The summed E-state index contributed by atoms with van der Waals surface area (Å²) in [5, 5.41) is 1.10. The highest BCUT2D eigenvalue weighted by atomic mass is 16.3. The van der Waals surface area contributed by atoms with Crippen molar-refractivity contribution in [2.45, 2.75) is 27.7 Å². The van der Waals surface area contributed by atoms with Gasteiger partial charge in [0.15, 0.2) is 11.8 Å². The molecule has 0 bridgehead atoms. The van der Waals surface area contributed by atoms with Gasteiger partial charge in [-0.15, -0.1) is 0 Å². The number of hydrogen-bond acceptors (Lipinski definition) is 3. The van der Waals surface area contributed by atoms with E-state index in [2.05, 4.69) is 79.8 Å². The summed E-state index contributed by atoms with van der Waals surface area (Å²) in [5.74, 6) is 0.